The number of carbonyl (C=O) groups excluding carboxylic acids is 1. The lowest BCUT2D eigenvalue weighted by Crippen LogP contribution is -2.33. The molecule has 0 aliphatic heterocycles. The number of rotatable bonds is 7. The van der Waals surface area contributed by atoms with Crippen LogP contribution in [0.3, 0.4) is 0 Å². The summed E-state index contributed by atoms with van der Waals surface area (Å²) in [5, 5.41) is 10.8. The van der Waals surface area contributed by atoms with E-state index in [4.69, 9.17) is 4.74 Å². The van der Waals surface area contributed by atoms with E-state index in [9.17, 15) is 18.3 Å². The molecule has 1 atom stereocenters. The number of methoxy groups -OCH3 is 1. The Labute approximate surface area is 118 Å². The van der Waals surface area contributed by atoms with Gasteiger partial charge in [-0.3, -0.25) is 0 Å². The summed E-state index contributed by atoms with van der Waals surface area (Å²) < 4.78 is 32.0. The Morgan fingerprint density at radius 3 is 2.60 bits per heavy atom. The highest BCUT2D eigenvalue weighted by molar-refractivity contribution is 7.89. The highest BCUT2D eigenvalue weighted by atomic mass is 32.2. The average Bonchev–Trinajstić information content (AvgIpc) is 2.37. The first-order valence-electron chi connectivity index (χ1n) is 6.23. The monoisotopic (exact) mass is 300 g/mol. The van der Waals surface area contributed by atoms with Gasteiger partial charge in [-0.15, -0.1) is 0 Å². The zero-order chi connectivity index (χ0) is 15.3. The van der Waals surface area contributed by atoms with Gasteiger partial charge in [0.15, 0.2) is 0 Å². The first-order valence-corrected chi connectivity index (χ1v) is 7.71. The van der Waals surface area contributed by atoms with Crippen molar-refractivity contribution in [3.8, 4) is 5.75 Å². The van der Waals surface area contributed by atoms with Gasteiger partial charge in [-0.1, -0.05) is 13.3 Å². The van der Waals surface area contributed by atoms with Crippen LogP contribution in [0.15, 0.2) is 23.1 Å². The lowest BCUT2D eigenvalue weighted by molar-refractivity contribution is -0.255. The second kappa shape index (κ2) is 6.71. The number of nitrogens with one attached hydrogen (secondary N) is 1. The van der Waals surface area contributed by atoms with Crippen molar-refractivity contribution in [2.24, 2.45) is 0 Å². The van der Waals surface area contributed by atoms with E-state index < -0.39 is 16.0 Å². The molecule has 0 fully saturated rings. The number of carboxylic acid groups (broad SMARTS) is 1. The number of sulfonamides is 1. The maximum Gasteiger partial charge on any atom is 0.244 e. The van der Waals surface area contributed by atoms with Crippen LogP contribution < -0.4 is 14.6 Å². The van der Waals surface area contributed by atoms with Crippen molar-refractivity contribution in [2.45, 2.75) is 37.6 Å². The summed E-state index contributed by atoms with van der Waals surface area (Å²) in [5.74, 6) is -1.35. The molecule has 6 nitrogen and oxygen atoms in total. The standard InChI is InChI=1S/C13H19NO5S/c1-4-5-9(2)14-20(17,18)12-8-10(13(15)16)6-7-11(12)19-3/h6-9,14H,4-5H2,1-3H3,(H,15,16)/p-1/t9-/m0/s1. The van der Waals surface area contributed by atoms with Crippen molar-refractivity contribution in [1.82, 2.24) is 4.72 Å². The minimum atomic E-state index is -3.85. The Bertz CT molecular complexity index is 582. The summed E-state index contributed by atoms with van der Waals surface area (Å²) in [7, 11) is -2.52. The van der Waals surface area contributed by atoms with Gasteiger partial charge in [-0.25, -0.2) is 13.1 Å². The normalized spacial score (nSPS) is 12.9. The molecule has 1 N–H and O–H groups in total. The molecule has 0 spiro atoms. The molecule has 1 rings (SSSR count). The predicted octanol–water partition coefficient (Wildman–Crippen LogP) is 0.526. The van der Waals surface area contributed by atoms with Gasteiger partial charge in [0.2, 0.25) is 10.0 Å². The molecule has 1 aromatic rings. The Hall–Kier alpha value is -1.60. The van der Waals surface area contributed by atoms with Gasteiger partial charge in [0.1, 0.15) is 10.6 Å². The SMILES string of the molecule is CCC[C@H](C)NS(=O)(=O)c1cc(C(=O)[O-])ccc1OC. The molecular weight excluding hydrogens is 282 g/mol. The third-order valence-corrected chi connectivity index (χ3v) is 4.38. The van der Waals surface area contributed by atoms with Crippen LogP contribution in [0.4, 0.5) is 0 Å². The molecule has 0 amide bonds. The maximum absolute atomic E-state index is 12.3. The number of carbonyl (C=O) groups is 1. The number of hydrogen-bond donors (Lipinski definition) is 1. The summed E-state index contributed by atoms with van der Waals surface area (Å²) in [6, 6.07) is 3.32. The first-order chi connectivity index (χ1) is 9.31. The van der Waals surface area contributed by atoms with Crippen molar-refractivity contribution < 1.29 is 23.1 Å². The largest absolute Gasteiger partial charge is 0.545 e. The van der Waals surface area contributed by atoms with Crippen LogP contribution in [0.1, 0.15) is 37.0 Å². The fourth-order valence-electron chi connectivity index (χ4n) is 1.83. The van der Waals surface area contributed by atoms with Crippen molar-refractivity contribution in [2.75, 3.05) is 7.11 Å². The summed E-state index contributed by atoms with van der Waals surface area (Å²) in [4.78, 5) is 10.6. The van der Waals surface area contributed by atoms with Crippen molar-refractivity contribution in [3.05, 3.63) is 23.8 Å². The minimum absolute atomic E-state index is 0.0891. The molecule has 7 heteroatoms. The minimum Gasteiger partial charge on any atom is -0.545 e. The lowest BCUT2D eigenvalue weighted by atomic mass is 10.2. The topological polar surface area (TPSA) is 95.5 Å². The molecule has 0 saturated carbocycles. The summed E-state index contributed by atoms with van der Waals surface area (Å²) in [5.41, 5.74) is -0.214. The highest BCUT2D eigenvalue weighted by Crippen LogP contribution is 2.25. The first kappa shape index (κ1) is 16.5. The van der Waals surface area contributed by atoms with Gasteiger partial charge in [-0.05, 0) is 37.1 Å². The summed E-state index contributed by atoms with van der Waals surface area (Å²) in [6.07, 6.45) is 1.52. The van der Waals surface area contributed by atoms with Crippen LogP contribution in [0.5, 0.6) is 5.75 Å². The second-order valence-corrected chi connectivity index (χ2v) is 6.15. The lowest BCUT2D eigenvalue weighted by Gasteiger charge is -2.16. The molecule has 0 aromatic heterocycles. The Balaban J connectivity index is 3.21. The van der Waals surface area contributed by atoms with E-state index in [2.05, 4.69) is 4.72 Å². The average molecular weight is 300 g/mol. The van der Waals surface area contributed by atoms with Crippen molar-refractivity contribution in [3.63, 3.8) is 0 Å². The highest BCUT2D eigenvalue weighted by Gasteiger charge is 2.22. The van der Waals surface area contributed by atoms with Crippen LogP contribution in [0.2, 0.25) is 0 Å². The van der Waals surface area contributed by atoms with Gasteiger partial charge < -0.3 is 14.6 Å². The van der Waals surface area contributed by atoms with Crippen molar-refractivity contribution in [1.29, 1.82) is 0 Å². The van der Waals surface area contributed by atoms with E-state index in [1.807, 2.05) is 6.92 Å². The molecule has 20 heavy (non-hydrogen) atoms. The van der Waals surface area contributed by atoms with Crippen LogP contribution >= 0.6 is 0 Å². The number of ether oxygens (including phenoxy) is 1. The van der Waals surface area contributed by atoms with Gasteiger partial charge in [-0.2, -0.15) is 0 Å². The number of benzene rings is 1. The fraction of sp³-hybridized carbons (Fsp3) is 0.462. The molecule has 0 radical (unpaired) electrons. The zero-order valence-electron chi connectivity index (χ0n) is 11.7. The van der Waals surface area contributed by atoms with Crippen LogP contribution in [-0.4, -0.2) is 27.5 Å². The molecule has 0 bridgehead atoms. The zero-order valence-corrected chi connectivity index (χ0v) is 12.5. The molecule has 0 saturated heterocycles. The van der Waals surface area contributed by atoms with E-state index in [-0.39, 0.29) is 22.3 Å². The Kier molecular flexibility index (Phi) is 5.52. The second-order valence-electron chi connectivity index (χ2n) is 4.46. The van der Waals surface area contributed by atoms with Crippen LogP contribution in [0, 0.1) is 0 Å². The number of carboxylic acids is 1. The van der Waals surface area contributed by atoms with E-state index in [1.54, 1.807) is 6.92 Å². The predicted molar refractivity (Wildman–Crippen MR) is 72.0 cm³/mol. The number of hydrogen-bond acceptors (Lipinski definition) is 5. The quantitative estimate of drug-likeness (QED) is 0.792. The summed E-state index contributed by atoms with van der Waals surface area (Å²) in [6.45, 7) is 3.69. The van der Waals surface area contributed by atoms with Crippen LogP contribution in [0.25, 0.3) is 0 Å². The Morgan fingerprint density at radius 1 is 1.45 bits per heavy atom. The van der Waals surface area contributed by atoms with Gasteiger partial charge in [0, 0.05) is 6.04 Å². The van der Waals surface area contributed by atoms with E-state index >= 15 is 0 Å². The maximum atomic E-state index is 12.3. The Morgan fingerprint density at radius 2 is 2.10 bits per heavy atom. The molecule has 0 heterocycles. The molecule has 112 valence electrons. The third-order valence-electron chi connectivity index (χ3n) is 2.77. The van der Waals surface area contributed by atoms with E-state index in [1.165, 1.54) is 19.2 Å². The smallest absolute Gasteiger partial charge is 0.244 e. The van der Waals surface area contributed by atoms with E-state index in [0.29, 0.717) is 6.42 Å². The van der Waals surface area contributed by atoms with Gasteiger partial charge >= 0.3 is 0 Å². The van der Waals surface area contributed by atoms with Gasteiger partial charge in [0.25, 0.3) is 0 Å². The van der Waals surface area contributed by atoms with Gasteiger partial charge in [0.05, 0.1) is 13.1 Å². The third kappa shape index (κ3) is 3.94. The van der Waals surface area contributed by atoms with E-state index in [0.717, 1.165) is 12.5 Å². The molecule has 0 unspecified atom stereocenters. The number of aromatic carboxylic acids is 1. The van der Waals surface area contributed by atoms with Crippen LogP contribution in [-0.2, 0) is 10.0 Å². The molecule has 0 aliphatic carbocycles. The summed E-state index contributed by atoms with van der Waals surface area (Å²) >= 11 is 0. The van der Waals surface area contributed by atoms with Crippen molar-refractivity contribution >= 4 is 16.0 Å². The molecule has 0 aliphatic rings. The molecular formula is C13H18NO5S-. The fourth-order valence-corrected chi connectivity index (χ4v) is 3.31. The molecule has 1 aromatic carbocycles.